The van der Waals surface area contributed by atoms with Crippen molar-refractivity contribution in [2.75, 3.05) is 18.2 Å². The van der Waals surface area contributed by atoms with E-state index in [1.807, 2.05) is 18.2 Å². The van der Waals surface area contributed by atoms with E-state index in [1.54, 1.807) is 26.4 Å². The number of benzene rings is 1. The number of aromatic nitrogens is 2. The summed E-state index contributed by atoms with van der Waals surface area (Å²) in [4.78, 5) is 12.0. The normalized spacial score (nSPS) is 10.4. The van der Waals surface area contributed by atoms with Crippen molar-refractivity contribution in [2.24, 2.45) is 7.05 Å². The summed E-state index contributed by atoms with van der Waals surface area (Å²) in [5, 5.41) is 6.78. The number of hydrogen-bond acceptors (Lipinski definition) is 4. The Morgan fingerprint density at radius 1 is 1.53 bits per heavy atom. The lowest BCUT2D eigenvalue weighted by molar-refractivity contribution is 0.102. The molecule has 3 N–H and O–H groups in total. The number of ether oxygens (including phenoxy) is 1. The van der Waals surface area contributed by atoms with Gasteiger partial charge in [-0.15, -0.1) is 0 Å². The number of methoxy groups -OCH3 is 1. The van der Waals surface area contributed by atoms with E-state index in [1.165, 1.54) is 4.68 Å². The molecule has 1 aromatic carbocycles. The van der Waals surface area contributed by atoms with Gasteiger partial charge in [-0.25, -0.2) is 0 Å². The van der Waals surface area contributed by atoms with Crippen molar-refractivity contribution in [2.45, 2.75) is 6.61 Å². The minimum absolute atomic E-state index is 0.222. The zero-order valence-electron chi connectivity index (χ0n) is 10.9. The molecule has 0 atom stereocenters. The van der Waals surface area contributed by atoms with Crippen LogP contribution < -0.4 is 11.1 Å². The molecule has 100 valence electrons. The van der Waals surface area contributed by atoms with Gasteiger partial charge < -0.3 is 15.8 Å². The third kappa shape index (κ3) is 3.11. The molecule has 0 aliphatic heterocycles. The maximum absolute atomic E-state index is 12.0. The Morgan fingerprint density at radius 3 is 2.95 bits per heavy atom. The molecule has 6 heteroatoms. The first-order chi connectivity index (χ1) is 9.10. The molecule has 0 aliphatic rings. The van der Waals surface area contributed by atoms with Crippen LogP contribution in [-0.4, -0.2) is 22.8 Å². The van der Waals surface area contributed by atoms with Crippen molar-refractivity contribution in [3.05, 3.63) is 41.7 Å². The number of nitrogens with two attached hydrogens (primary N) is 1. The van der Waals surface area contributed by atoms with E-state index in [-0.39, 0.29) is 11.6 Å². The molecule has 0 aliphatic carbocycles. The smallest absolute Gasteiger partial charge is 0.278 e. The standard InChI is InChI=1S/C13H16N4O2/c1-17-7-11(14)12(16-17)13(18)15-10-5-3-4-9(6-10)8-19-2/h3-7H,8,14H2,1-2H3,(H,15,18). The minimum atomic E-state index is -0.326. The molecule has 1 aromatic heterocycles. The molecule has 0 saturated carbocycles. The number of nitrogens with zero attached hydrogens (tertiary/aromatic N) is 2. The molecule has 0 fully saturated rings. The number of anilines is 2. The topological polar surface area (TPSA) is 82.2 Å². The van der Waals surface area contributed by atoms with E-state index < -0.39 is 0 Å². The van der Waals surface area contributed by atoms with Crippen LogP contribution >= 0.6 is 0 Å². The number of nitrogens with one attached hydrogen (secondary N) is 1. The Kier molecular flexibility index (Phi) is 3.82. The van der Waals surface area contributed by atoms with E-state index in [9.17, 15) is 4.79 Å². The van der Waals surface area contributed by atoms with Gasteiger partial charge in [0.25, 0.3) is 5.91 Å². The number of hydrogen-bond donors (Lipinski definition) is 2. The van der Waals surface area contributed by atoms with Gasteiger partial charge in [-0.3, -0.25) is 9.48 Å². The number of nitrogen functional groups attached to an aromatic ring is 1. The van der Waals surface area contributed by atoms with Crippen molar-refractivity contribution in [3.63, 3.8) is 0 Å². The second-order valence-electron chi connectivity index (χ2n) is 4.19. The van der Waals surface area contributed by atoms with Gasteiger partial charge in [-0.1, -0.05) is 12.1 Å². The lowest BCUT2D eigenvalue weighted by Gasteiger charge is -2.06. The van der Waals surface area contributed by atoms with Crippen molar-refractivity contribution >= 4 is 17.3 Å². The van der Waals surface area contributed by atoms with E-state index in [0.717, 1.165) is 5.56 Å². The molecule has 0 bridgehead atoms. The van der Waals surface area contributed by atoms with Crippen molar-refractivity contribution in [1.29, 1.82) is 0 Å². The number of carbonyl (C=O) groups excluding carboxylic acids is 1. The summed E-state index contributed by atoms with van der Waals surface area (Å²) in [7, 11) is 3.34. The molecule has 1 heterocycles. The summed E-state index contributed by atoms with van der Waals surface area (Å²) in [5.74, 6) is -0.326. The van der Waals surface area contributed by atoms with Gasteiger partial charge in [0.1, 0.15) is 0 Å². The Morgan fingerprint density at radius 2 is 2.32 bits per heavy atom. The number of amides is 1. The fourth-order valence-electron chi connectivity index (χ4n) is 1.78. The summed E-state index contributed by atoms with van der Waals surface area (Å²) >= 11 is 0. The lowest BCUT2D eigenvalue weighted by Crippen LogP contribution is -2.14. The summed E-state index contributed by atoms with van der Waals surface area (Å²) in [6.07, 6.45) is 1.59. The molecule has 19 heavy (non-hydrogen) atoms. The van der Waals surface area contributed by atoms with Gasteiger partial charge in [0.05, 0.1) is 12.3 Å². The van der Waals surface area contributed by atoms with Crippen molar-refractivity contribution in [1.82, 2.24) is 9.78 Å². The second-order valence-corrected chi connectivity index (χ2v) is 4.19. The molecular weight excluding hydrogens is 244 g/mol. The zero-order chi connectivity index (χ0) is 13.8. The van der Waals surface area contributed by atoms with Gasteiger partial charge >= 0.3 is 0 Å². The van der Waals surface area contributed by atoms with Crippen LogP contribution in [0.15, 0.2) is 30.5 Å². The largest absolute Gasteiger partial charge is 0.396 e. The first-order valence-corrected chi connectivity index (χ1v) is 5.78. The summed E-state index contributed by atoms with van der Waals surface area (Å²) in [6, 6.07) is 7.43. The van der Waals surface area contributed by atoms with E-state index in [2.05, 4.69) is 10.4 Å². The van der Waals surface area contributed by atoms with Crippen LogP contribution in [0.2, 0.25) is 0 Å². The molecule has 0 spiro atoms. The highest BCUT2D eigenvalue weighted by Crippen LogP contribution is 2.14. The highest BCUT2D eigenvalue weighted by atomic mass is 16.5. The molecule has 1 amide bonds. The molecule has 0 saturated heterocycles. The van der Waals surface area contributed by atoms with Crippen LogP contribution in [0.4, 0.5) is 11.4 Å². The zero-order valence-corrected chi connectivity index (χ0v) is 10.9. The second kappa shape index (κ2) is 5.53. The minimum Gasteiger partial charge on any atom is -0.396 e. The van der Waals surface area contributed by atoms with Gasteiger partial charge in [0, 0.05) is 26.0 Å². The van der Waals surface area contributed by atoms with Gasteiger partial charge in [0.2, 0.25) is 0 Å². The van der Waals surface area contributed by atoms with Crippen LogP contribution in [0.3, 0.4) is 0 Å². The Balaban J connectivity index is 2.14. The molecule has 2 aromatic rings. The van der Waals surface area contributed by atoms with Gasteiger partial charge in [-0.05, 0) is 17.7 Å². The fraction of sp³-hybridized carbons (Fsp3) is 0.231. The third-order valence-electron chi connectivity index (χ3n) is 2.57. The first-order valence-electron chi connectivity index (χ1n) is 5.78. The van der Waals surface area contributed by atoms with E-state index in [0.29, 0.717) is 18.0 Å². The van der Waals surface area contributed by atoms with Crippen LogP contribution in [0, 0.1) is 0 Å². The molecule has 0 radical (unpaired) electrons. The van der Waals surface area contributed by atoms with Gasteiger partial charge in [0.15, 0.2) is 5.69 Å². The quantitative estimate of drug-likeness (QED) is 0.870. The third-order valence-corrected chi connectivity index (χ3v) is 2.57. The number of rotatable bonds is 4. The molecule has 2 rings (SSSR count). The maximum Gasteiger partial charge on any atom is 0.278 e. The van der Waals surface area contributed by atoms with Crippen LogP contribution in [0.1, 0.15) is 16.1 Å². The van der Waals surface area contributed by atoms with Crippen LogP contribution in [0.5, 0.6) is 0 Å². The molecule has 6 nitrogen and oxygen atoms in total. The molecule has 0 unspecified atom stereocenters. The van der Waals surface area contributed by atoms with Crippen LogP contribution in [0.25, 0.3) is 0 Å². The van der Waals surface area contributed by atoms with E-state index in [4.69, 9.17) is 10.5 Å². The number of carbonyl (C=O) groups is 1. The lowest BCUT2D eigenvalue weighted by atomic mass is 10.2. The highest BCUT2D eigenvalue weighted by molar-refractivity contribution is 6.06. The maximum atomic E-state index is 12.0. The summed E-state index contributed by atoms with van der Waals surface area (Å²) < 4.78 is 6.55. The SMILES string of the molecule is COCc1cccc(NC(=O)c2nn(C)cc2N)c1. The van der Waals surface area contributed by atoms with Crippen LogP contribution in [-0.2, 0) is 18.4 Å². The van der Waals surface area contributed by atoms with Crippen molar-refractivity contribution < 1.29 is 9.53 Å². The monoisotopic (exact) mass is 260 g/mol. The average molecular weight is 260 g/mol. The summed E-state index contributed by atoms with van der Waals surface area (Å²) in [5.41, 5.74) is 7.95. The highest BCUT2D eigenvalue weighted by Gasteiger charge is 2.14. The average Bonchev–Trinajstić information content (AvgIpc) is 2.69. The Bertz CT molecular complexity index is 592. The Hall–Kier alpha value is -2.34. The predicted molar refractivity (Wildman–Crippen MR) is 72.7 cm³/mol. The Labute approximate surface area is 111 Å². The fourth-order valence-corrected chi connectivity index (χ4v) is 1.78. The number of aryl methyl sites for hydroxylation is 1. The molecular formula is C13H16N4O2. The van der Waals surface area contributed by atoms with Crippen molar-refractivity contribution in [3.8, 4) is 0 Å². The summed E-state index contributed by atoms with van der Waals surface area (Å²) in [6.45, 7) is 0.495. The first kappa shape index (κ1) is 13.1. The van der Waals surface area contributed by atoms with E-state index >= 15 is 0 Å². The van der Waals surface area contributed by atoms with Gasteiger partial charge in [-0.2, -0.15) is 5.10 Å². The predicted octanol–water partition coefficient (Wildman–Crippen LogP) is 1.40.